The Bertz CT molecular complexity index is 979. The van der Waals surface area contributed by atoms with Crippen LogP contribution >= 0.6 is 0 Å². The van der Waals surface area contributed by atoms with E-state index < -0.39 is 5.97 Å². The van der Waals surface area contributed by atoms with Gasteiger partial charge in [0.15, 0.2) is 0 Å². The third-order valence-corrected chi connectivity index (χ3v) is 4.14. The standard InChI is InChI=1S/C21H21N3O4/c1-4-27-21(26)18-13(2)19(23-14(18)3)20(25)24-15-5-7-16(8-6-15)28-17-9-11-22-12-10-17/h5-12,23H,4H2,1-3H3,(H,24,25). The molecule has 2 aromatic heterocycles. The molecule has 0 fully saturated rings. The zero-order valence-corrected chi connectivity index (χ0v) is 15.9. The van der Waals surface area contributed by atoms with E-state index in [-0.39, 0.29) is 12.5 Å². The third kappa shape index (κ3) is 4.20. The zero-order chi connectivity index (χ0) is 20.1. The molecule has 0 radical (unpaired) electrons. The Morgan fingerprint density at radius 1 is 1.04 bits per heavy atom. The number of aromatic amines is 1. The maximum absolute atomic E-state index is 12.6. The molecular weight excluding hydrogens is 358 g/mol. The lowest BCUT2D eigenvalue weighted by molar-refractivity contribution is 0.0525. The molecule has 1 amide bonds. The summed E-state index contributed by atoms with van der Waals surface area (Å²) in [6.45, 7) is 5.47. The fraction of sp³-hybridized carbons (Fsp3) is 0.190. The average Bonchev–Trinajstić information content (AvgIpc) is 2.99. The summed E-state index contributed by atoms with van der Waals surface area (Å²) < 4.78 is 10.8. The van der Waals surface area contributed by atoms with Crippen molar-refractivity contribution in [3.8, 4) is 11.5 Å². The van der Waals surface area contributed by atoms with Crippen molar-refractivity contribution in [1.82, 2.24) is 9.97 Å². The number of aromatic nitrogens is 2. The number of ether oxygens (including phenoxy) is 2. The first-order valence-corrected chi connectivity index (χ1v) is 8.85. The van der Waals surface area contributed by atoms with E-state index in [4.69, 9.17) is 9.47 Å². The van der Waals surface area contributed by atoms with Crippen LogP contribution in [0.25, 0.3) is 0 Å². The van der Waals surface area contributed by atoms with Crippen molar-refractivity contribution in [2.24, 2.45) is 0 Å². The van der Waals surface area contributed by atoms with E-state index in [1.165, 1.54) is 0 Å². The van der Waals surface area contributed by atoms with Gasteiger partial charge < -0.3 is 19.8 Å². The lowest BCUT2D eigenvalue weighted by Gasteiger charge is -2.08. The normalized spacial score (nSPS) is 10.4. The highest BCUT2D eigenvalue weighted by molar-refractivity contribution is 6.06. The minimum absolute atomic E-state index is 0.276. The van der Waals surface area contributed by atoms with E-state index in [2.05, 4.69) is 15.3 Å². The monoisotopic (exact) mass is 379 g/mol. The maximum atomic E-state index is 12.6. The topological polar surface area (TPSA) is 93.3 Å². The molecule has 7 heteroatoms. The van der Waals surface area contributed by atoms with Crippen molar-refractivity contribution >= 4 is 17.6 Å². The first-order chi connectivity index (χ1) is 13.5. The van der Waals surface area contributed by atoms with Crippen LogP contribution in [-0.2, 0) is 4.74 Å². The molecule has 3 aromatic rings. The van der Waals surface area contributed by atoms with E-state index in [0.29, 0.717) is 39.7 Å². The molecule has 1 aromatic carbocycles. The summed E-state index contributed by atoms with van der Waals surface area (Å²) in [5, 5.41) is 2.81. The number of nitrogens with one attached hydrogen (secondary N) is 2. The highest BCUT2D eigenvalue weighted by Crippen LogP contribution is 2.24. The third-order valence-electron chi connectivity index (χ3n) is 4.14. The maximum Gasteiger partial charge on any atom is 0.340 e. The van der Waals surface area contributed by atoms with Crippen molar-refractivity contribution in [3.05, 3.63) is 71.3 Å². The molecule has 0 unspecified atom stereocenters. The SMILES string of the molecule is CCOC(=O)c1c(C)[nH]c(C(=O)Nc2ccc(Oc3ccncc3)cc2)c1C. The number of H-pyrrole nitrogens is 1. The summed E-state index contributed by atoms with van der Waals surface area (Å²) in [5.41, 5.74) is 2.50. The first-order valence-electron chi connectivity index (χ1n) is 8.85. The summed E-state index contributed by atoms with van der Waals surface area (Å²) >= 11 is 0. The second kappa shape index (κ2) is 8.39. The number of hydrogen-bond donors (Lipinski definition) is 2. The molecule has 3 rings (SSSR count). The number of hydrogen-bond acceptors (Lipinski definition) is 5. The minimum Gasteiger partial charge on any atom is -0.462 e. The lowest BCUT2D eigenvalue weighted by atomic mass is 10.1. The summed E-state index contributed by atoms with van der Waals surface area (Å²) in [6, 6.07) is 10.5. The number of nitrogens with zero attached hydrogens (tertiary/aromatic N) is 1. The molecule has 0 saturated heterocycles. The number of aryl methyl sites for hydroxylation is 1. The molecule has 0 aliphatic carbocycles. The Morgan fingerprint density at radius 3 is 2.32 bits per heavy atom. The lowest BCUT2D eigenvalue weighted by Crippen LogP contribution is -2.14. The van der Waals surface area contributed by atoms with Crippen LogP contribution in [0.5, 0.6) is 11.5 Å². The Labute approximate surface area is 162 Å². The Balaban J connectivity index is 1.71. The molecule has 0 aliphatic rings. The van der Waals surface area contributed by atoms with Crippen LogP contribution in [0.4, 0.5) is 5.69 Å². The van der Waals surface area contributed by atoms with Gasteiger partial charge in [-0.25, -0.2) is 4.79 Å². The van der Waals surface area contributed by atoms with Gasteiger partial charge in [-0.1, -0.05) is 0 Å². The fourth-order valence-electron chi connectivity index (χ4n) is 2.83. The van der Waals surface area contributed by atoms with Crippen LogP contribution in [0.2, 0.25) is 0 Å². The van der Waals surface area contributed by atoms with Gasteiger partial charge >= 0.3 is 5.97 Å². The van der Waals surface area contributed by atoms with Crippen molar-refractivity contribution in [2.45, 2.75) is 20.8 Å². The number of amides is 1. The smallest absolute Gasteiger partial charge is 0.340 e. The molecule has 0 bridgehead atoms. The van der Waals surface area contributed by atoms with Crippen LogP contribution in [0, 0.1) is 13.8 Å². The molecule has 144 valence electrons. The highest BCUT2D eigenvalue weighted by atomic mass is 16.5. The predicted octanol–water partition coefficient (Wildman–Crippen LogP) is 4.25. The number of pyridine rings is 1. The molecule has 0 saturated carbocycles. The minimum atomic E-state index is -0.439. The van der Waals surface area contributed by atoms with Gasteiger partial charge in [-0.3, -0.25) is 9.78 Å². The molecule has 0 aliphatic heterocycles. The van der Waals surface area contributed by atoms with E-state index >= 15 is 0 Å². The molecule has 7 nitrogen and oxygen atoms in total. The number of anilines is 1. The Kier molecular flexibility index (Phi) is 5.74. The molecule has 28 heavy (non-hydrogen) atoms. The number of benzene rings is 1. The van der Waals surface area contributed by atoms with Crippen LogP contribution in [0.3, 0.4) is 0 Å². The molecular formula is C21H21N3O4. The van der Waals surface area contributed by atoms with Gasteiger partial charge in [0.1, 0.15) is 17.2 Å². The second-order valence-corrected chi connectivity index (χ2v) is 6.11. The average molecular weight is 379 g/mol. The van der Waals surface area contributed by atoms with Gasteiger partial charge in [-0.2, -0.15) is 0 Å². The highest BCUT2D eigenvalue weighted by Gasteiger charge is 2.22. The van der Waals surface area contributed by atoms with Crippen LogP contribution < -0.4 is 10.1 Å². The van der Waals surface area contributed by atoms with E-state index in [9.17, 15) is 9.59 Å². The van der Waals surface area contributed by atoms with Crippen LogP contribution in [0.15, 0.2) is 48.8 Å². The zero-order valence-electron chi connectivity index (χ0n) is 15.9. The number of esters is 1. The van der Waals surface area contributed by atoms with Gasteiger partial charge in [0.05, 0.1) is 12.2 Å². The summed E-state index contributed by atoms with van der Waals surface area (Å²) in [5.74, 6) is 0.542. The van der Waals surface area contributed by atoms with Gasteiger partial charge in [0.25, 0.3) is 5.91 Å². The van der Waals surface area contributed by atoms with Crippen LogP contribution in [0.1, 0.15) is 39.0 Å². The van der Waals surface area contributed by atoms with Gasteiger partial charge in [0, 0.05) is 23.8 Å². The van der Waals surface area contributed by atoms with E-state index in [1.54, 1.807) is 69.6 Å². The largest absolute Gasteiger partial charge is 0.462 e. The number of carbonyl (C=O) groups excluding carboxylic acids is 2. The predicted molar refractivity (Wildman–Crippen MR) is 105 cm³/mol. The molecule has 0 atom stereocenters. The molecule has 0 spiro atoms. The molecule has 2 heterocycles. The van der Waals surface area contributed by atoms with Crippen molar-refractivity contribution < 1.29 is 19.1 Å². The van der Waals surface area contributed by atoms with Gasteiger partial charge in [-0.05, 0) is 62.7 Å². The number of rotatable bonds is 6. The summed E-state index contributed by atoms with van der Waals surface area (Å²) in [7, 11) is 0. The van der Waals surface area contributed by atoms with Gasteiger partial charge in [0.2, 0.25) is 0 Å². The summed E-state index contributed by atoms with van der Waals surface area (Å²) in [4.78, 5) is 31.6. The fourth-order valence-corrected chi connectivity index (χ4v) is 2.83. The van der Waals surface area contributed by atoms with Crippen molar-refractivity contribution in [1.29, 1.82) is 0 Å². The first kappa shape index (κ1) is 19.2. The van der Waals surface area contributed by atoms with Gasteiger partial charge in [-0.15, -0.1) is 0 Å². The second-order valence-electron chi connectivity index (χ2n) is 6.11. The Morgan fingerprint density at radius 2 is 1.68 bits per heavy atom. The molecule has 2 N–H and O–H groups in total. The quantitative estimate of drug-likeness (QED) is 0.625. The van der Waals surface area contributed by atoms with Crippen molar-refractivity contribution in [2.75, 3.05) is 11.9 Å². The number of carbonyl (C=O) groups is 2. The van der Waals surface area contributed by atoms with Crippen LogP contribution in [-0.4, -0.2) is 28.5 Å². The van der Waals surface area contributed by atoms with Crippen molar-refractivity contribution in [3.63, 3.8) is 0 Å². The van der Waals surface area contributed by atoms with E-state index in [0.717, 1.165) is 0 Å². The Hall–Kier alpha value is -3.61. The van der Waals surface area contributed by atoms with E-state index in [1.807, 2.05) is 0 Å². The summed E-state index contributed by atoms with van der Waals surface area (Å²) in [6.07, 6.45) is 3.30.